The van der Waals surface area contributed by atoms with Crippen LogP contribution in [0, 0.1) is 5.41 Å². The molecule has 1 atom stereocenters. The molecule has 1 saturated heterocycles. The molecule has 1 fully saturated rings. The molecule has 26 heavy (non-hydrogen) atoms. The number of hydrogen-bond donors (Lipinski definition) is 2. The number of aromatic amines is 1. The van der Waals surface area contributed by atoms with Crippen molar-refractivity contribution >= 4 is 22.6 Å². The third-order valence-corrected chi connectivity index (χ3v) is 5.56. The zero-order valence-electron chi connectivity index (χ0n) is 14.5. The highest BCUT2D eigenvalue weighted by Gasteiger charge is 2.44. The number of nitrogens with zero attached hydrogens (tertiary/aromatic N) is 2. The van der Waals surface area contributed by atoms with Gasteiger partial charge < -0.3 is 10.2 Å². The van der Waals surface area contributed by atoms with Crippen LogP contribution in [0.25, 0.3) is 10.8 Å². The van der Waals surface area contributed by atoms with Crippen LogP contribution in [0.2, 0.25) is 0 Å². The molecule has 4 rings (SSSR count). The fourth-order valence-electron chi connectivity index (χ4n) is 4.11. The summed E-state index contributed by atoms with van der Waals surface area (Å²) in [7, 11) is 1.80. The SMILES string of the molecule is CN1C(=O)CCC2(CNC(=O)c3n[nH]c(=O)c4ccccc34)CCC=C12. The summed E-state index contributed by atoms with van der Waals surface area (Å²) in [4.78, 5) is 38.3. The molecular formula is C19H20N4O3. The van der Waals surface area contributed by atoms with Crippen LogP contribution in [-0.4, -0.2) is 40.5 Å². The maximum absolute atomic E-state index is 12.7. The second kappa shape index (κ2) is 6.09. The smallest absolute Gasteiger partial charge is 0.272 e. The number of nitrogens with one attached hydrogen (secondary N) is 2. The van der Waals surface area contributed by atoms with Gasteiger partial charge in [-0.15, -0.1) is 0 Å². The average molecular weight is 352 g/mol. The van der Waals surface area contributed by atoms with E-state index < -0.39 is 0 Å². The van der Waals surface area contributed by atoms with E-state index in [-0.39, 0.29) is 28.5 Å². The van der Waals surface area contributed by atoms with Gasteiger partial charge >= 0.3 is 0 Å². The van der Waals surface area contributed by atoms with E-state index in [4.69, 9.17) is 0 Å². The number of rotatable bonds is 3. The molecule has 2 aromatic rings. The normalized spacial score (nSPS) is 22.3. The van der Waals surface area contributed by atoms with Crippen molar-refractivity contribution in [1.82, 2.24) is 20.4 Å². The maximum atomic E-state index is 12.7. The lowest BCUT2D eigenvalue weighted by atomic mass is 9.77. The van der Waals surface area contributed by atoms with Crippen LogP contribution in [0.15, 0.2) is 40.8 Å². The highest BCUT2D eigenvalue weighted by Crippen LogP contribution is 2.46. The van der Waals surface area contributed by atoms with E-state index in [0.717, 1.165) is 25.0 Å². The van der Waals surface area contributed by atoms with Crippen molar-refractivity contribution in [2.24, 2.45) is 5.41 Å². The second-order valence-corrected chi connectivity index (χ2v) is 6.99. The largest absolute Gasteiger partial charge is 0.350 e. The van der Waals surface area contributed by atoms with Crippen LogP contribution in [-0.2, 0) is 4.79 Å². The summed E-state index contributed by atoms with van der Waals surface area (Å²) >= 11 is 0. The lowest BCUT2D eigenvalue weighted by Gasteiger charge is -2.41. The van der Waals surface area contributed by atoms with Crippen LogP contribution in [0.5, 0.6) is 0 Å². The van der Waals surface area contributed by atoms with Crippen molar-refractivity contribution in [3.63, 3.8) is 0 Å². The summed E-state index contributed by atoms with van der Waals surface area (Å²) < 4.78 is 0. The van der Waals surface area contributed by atoms with Gasteiger partial charge in [0, 0.05) is 36.5 Å². The third kappa shape index (κ3) is 2.51. The zero-order valence-corrected chi connectivity index (χ0v) is 14.5. The molecule has 7 nitrogen and oxygen atoms in total. The van der Waals surface area contributed by atoms with Crippen molar-refractivity contribution in [1.29, 1.82) is 0 Å². The number of benzene rings is 1. The number of piperidine rings is 1. The van der Waals surface area contributed by atoms with Crippen LogP contribution >= 0.6 is 0 Å². The fraction of sp³-hybridized carbons (Fsp3) is 0.368. The third-order valence-electron chi connectivity index (χ3n) is 5.56. The Morgan fingerprint density at radius 2 is 2.04 bits per heavy atom. The first-order valence-electron chi connectivity index (χ1n) is 8.75. The number of carbonyl (C=O) groups excluding carboxylic acids is 2. The molecule has 0 radical (unpaired) electrons. The van der Waals surface area contributed by atoms with Gasteiger partial charge in [0.2, 0.25) is 5.91 Å². The van der Waals surface area contributed by atoms with Crippen LogP contribution in [0.4, 0.5) is 0 Å². The quantitative estimate of drug-likeness (QED) is 0.876. The minimum absolute atomic E-state index is 0.119. The Kier molecular flexibility index (Phi) is 3.86. The minimum atomic E-state index is -0.322. The minimum Gasteiger partial charge on any atom is -0.350 e. The molecule has 1 unspecified atom stereocenters. The van der Waals surface area contributed by atoms with Crippen molar-refractivity contribution in [3.05, 3.63) is 52.1 Å². The Morgan fingerprint density at radius 3 is 2.85 bits per heavy atom. The first-order chi connectivity index (χ1) is 12.5. The number of aromatic nitrogens is 2. The van der Waals surface area contributed by atoms with Gasteiger partial charge in [-0.2, -0.15) is 5.10 Å². The van der Waals surface area contributed by atoms with E-state index in [1.165, 1.54) is 0 Å². The van der Waals surface area contributed by atoms with Gasteiger partial charge in [-0.25, -0.2) is 5.10 Å². The number of amides is 2. The lowest BCUT2D eigenvalue weighted by molar-refractivity contribution is -0.131. The van der Waals surface area contributed by atoms with Crippen molar-refractivity contribution in [3.8, 4) is 0 Å². The van der Waals surface area contributed by atoms with Gasteiger partial charge in [0.05, 0.1) is 5.39 Å². The Balaban J connectivity index is 1.59. The molecular weight excluding hydrogens is 332 g/mol. The molecule has 0 bridgehead atoms. The summed E-state index contributed by atoms with van der Waals surface area (Å²) in [6, 6.07) is 6.92. The second-order valence-electron chi connectivity index (χ2n) is 6.99. The number of carbonyl (C=O) groups is 2. The molecule has 1 aliphatic heterocycles. The van der Waals surface area contributed by atoms with E-state index >= 15 is 0 Å². The Morgan fingerprint density at radius 1 is 1.27 bits per heavy atom. The number of H-pyrrole nitrogens is 1. The molecule has 134 valence electrons. The topological polar surface area (TPSA) is 95.2 Å². The van der Waals surface area contributed by atoms with Crippen molar-refractivity contribution in [2.45, 2.75) is 25.7 Å². The van der Waals surface area contributed by atoms with Crippen molar-refractivity contribution in [2.75, 3.05) is 13.6 Å². The first kappa shape index (κ1) is 16.5. The number of likely N-dealkylation sites (tertiary alicyclic amines) is 1. The fourth-order valence-corrected chi connectivity index (χ4v) is 4.11. The summed E-state index contributed by atoms with van der Waals surface area (Å²) in [5, 5.41) is 10.3. The van der Waals surface area contributed by atoms with Gasteiger partial charge in [-0.05, 0) is 25.3 Å². The molecule has 2 aliphatic rings. The maximum Gasteiger partial charge on any atom is 0.272 e. The van der Waals surface area contributed by atoms with Gasteiger partial charge in [0.25, 0.3) is 11.5 Å². The zero-order chi connectivity index (χ0) is 18.3. The number of fused-ring (bicyclic) bond motifs is 2. The summed E-state index contributed by atoms with van der Waals surface area (Å²) in [5.74, 6) is -0.203. The summed E-state index contributed by atoms with van der Waals surface area (Å²) in [6.07, 6.45) is 5.14. The van der Waals surface area contributed by atoms with E-state index in [2.05, 4.69) is 21.6 Å². The molecule has 7 heteroatoms. The average Bonchev–Trinajstić information content (AvgIpc) is 3.09. The van der Waals surface area contributed by atoms with Gasteiger partial charge in [0.15, 0.2) is 5.69 Å². The van der Waals surface area contributed by atoms with Gasteiger partial charge in [-0.3, -0.25) is 14.4 Å². The number of allylic oxidation sites excluding steroid dienone is 1. The molecule has 2 amide bonds. The Labute approximate surface area is 150 Å². The van der Waals surface area contributed by atoms with E-state index in [1.807, 2.05) is 0 Å². The summed E-state index contributed by atoms with van der Waals surface area (Å²) in [6.45, 7) is 0.449. The molecule has 2 N–H and O–H groups in total. The Bertz CT molecular complexity index is 994. The monoisotopic (exact) mass is 352 g/mol. The lowest BCUT2D eigenvalue weighted by Crippen LogP contribution is -2.46. The predicted molar refractivity (Wildman–Crippen MR) is 96.5 cm³/mol. The predicted octanol–water partition coefficient (Wildman–Crippen LogP) is 1.57. The number of hydrogen-bond acceptors (Lipinski definition) is 4. The highest BCUT2D eigenvalue weighted by atomic mass is 16.2. The van der Waals surface area contributed by atoms with Gasteiger partial charge in [-0.1, -0.05) is 24.3 Å². The van der Waals surface area contributed by atoms with Crippen LogP contribution in [0.1, 0.15) is 36.2 Å². The van der Waals surface area contributed by atoms with E-state index in [0.29, 0.717) is 23.7 Å². The highest BCUT2D eigenvalue weighted by molar-refractivity contribution is 6.04. The molecule has 1 aromatic carbocycles. The van der Waals surface area contributed by atoms with Gasteiger partial charge in [0.1, 0.15) is 0 Å². The first-order valence-corrected chi connectivity index (χ1v) is 8.75. The summed E-state index contributed by atoms with van der Waals surface area (Å²) in [5.41, 5.74) is 0.703. The van der Waals surface area contributed by atoms with Crippen molar-refractivity contribution < 1.29 is 9.59 Å². The van der Waals surface area contributed by atoms with E-state index in [1.54, 1.807) is 36.2 Å². The molecule has 0 spiro atoms. The molecule has 1 aromatic heterocycles. The molecule has 2 heterocycles. The van der Waals surface area contributed by atoms with E-state index in [9.17, 15) is 14.4 Å². The molecule has 1 aliphatic carbocycles. The van der Waals surface area contributed by atoms with Crippen LogP contribution in [0.3, 0.4) is 0 Å². The Hall–Kier alpha value is -2.96. The standard InChI is InChI=1S/C19H20N4O3/c1-23-14-7-4-9-19(14,10-8-15(23)24)11-20-18(26)16-12-5-2-3-6-13(12)17(25)22-21-16/h2-3,5-7H,4,8-11H2,1H3,(H,20,26)(H,22,25). The van der Waals surface area contributed by atoms with Crippen LogP contribution < -0.4 is 10.9 Å². The molecule has 0 saturated carbocycles.